The molecule has 1 aromatic heterocycles. The Hall–Kier alpha value is -0.865. The topological polar surface area (TPSA) is 31.4 Å². The maximum atomic E-state index is 6.46. The summed E-state index contributed by atoms with van der Waals surface area (Å²) in [6.45, 7) is 8.67. The van der Waals surface area contributed by atoms with Gasteiger partial charge in [0.05, 0.1) is 11.2 Å². The third kappa shape index (κ3) is 1.62. The van der Waals surface area contributed by atoms with Gasteiger partial charge in [-0.1, -0.05) is 6.07 Å². The SMILES string of the molecule is CC1(C)OB(C23CC(c4cccnc4)(C2)[C@@H]3C2CC2)OC1(C)C. The second-order valence-corrected chi connectivity index (χ2v) is 9.39. The summed E-state index contributed by atoms with van der Waals surface area (Å²) in [5, 5.41) is 0.252. The molecule has 1 aromatic rings. The molecule has 1 aliphatic heterocycles. The Balaban J connectivity index is 1.46. The lowest BCUT2D eigenvalue weighted by molar-refractivity contribution is -0.136. The maximum absolute atomic E-state index is 6.46. The average molecular weight is 311 g/mol. The average Bonchev–Trinajstić information content (AvgIpc) is 3.16. The van der Waals surface area contributed by atoms with Gasteiger partial charge in [0.1, 0.15) is 0 Å². The second kappa shape index (κ2) is 4.03. The second-order valence-electron chi connectivity index (χ2n) is 9.39. The monoisotopic (exact) mass is 311 g/mol. The molecule has 3 nitrogen and oxygen atoms in total. The van der Waals surface area contributed by atoms with Crippen LogP contribution in [0.15, 0.2) is 24.5 Å². The number of rotatable bonds is 3. The minimum absolute atomic E-state index is 0.0309. The van der Waals surface area contributed by atoms with E-state index in [4.69, 9.17) is 9.31 Å². The molecule has 5 fully saturated rings. The lowest BCUT2D eigenvalue weighted by Gasteiger charge is -2.77. The molecule has 4 heteroatoms. The molecule has 4 aliphatic carbocycles. The van der Waals surface area contributed by atoms with Crippen molar-refractivity contribution in [2.75, 3.05) is 0 Å². The van der Waals surface area contributed by atoms with Gasteiger partial charge in [0.2, 0.25) is 0 Å². The summed E-state index contributed by atoms with van der Waals surface area (Å²) in [7, 11) is -0.0309. The van der Waals surface area contributed by atoms with E-state index in [9.17, 15) is 0 Å². The maximum Gasteiger partial charge on any atom is 0.464 e. The van der Waals surface area contributed by atoms with Crippen molar-refractivity contribution in [3.63, 3.8) is 0 Å². The van der Waals surface area contributed by atoms with Crippen LogP contribution in [0.5, 0.6) is 0 Å². The van der Waals surface area contributed by atoms with Crippen molar-refractivity contribution in [1.82, 2.24) is 4.98 Å². The molecule has 122 valence electrons. The molecule has 0 spiro atoms. The lowest BCUT2D eigenvalue weighted by atomic mass is 9.17. The van der Waals surface area contributed by atoms with Gasteiger partial charge >= 0.3 is 7.12 Å². The van der Waals surface area contributed by atoms with Crippen LogP contribution in [0.4, 0.5) is 0 Å². The highest BCUT2D eigenvalue weighted by atomic mass is 16.7. The first kappa shape index (κ1) is 14.5. The molecule has 5 aliphatic rings. The summed E-state index contributed by atoms with van der Waals surface area (Å²) in [5.74, 6) is 1.60. The van der Waals surface area contributed by atoms with Crippen molar-refractivity contribution in [2.24, 2.45) is 11.8 Å². The van der Waals surface area contributed by atoms with Crippen LogP contribution in [0, 0.1) is 11.8 Å². The summed E-state index contributed by atoms with van der Waals surface area (Å²) in [6.07, 6.45) is 9.16. The van der Waals surface area contributed by atoms with E-state index in [2.05, 4.69) is 51.0 Å². The molecule has 2 heterocycles. The first-order chi connectivity index (χ1) is 10.8. The molecule has 1 atom stereocenters. The quantitative estimate of drug-likeness (QED) is 0.791. The van der Waals surface area contributed by atoms with Gasteiger partial charge in [-0.2, -0.15) is 0 Å². The van der Waals surface area contributed by atoms with Crippen LogP contribution < -0.4 is 0 Å². The molecular formula is C19H26BNO2. The van der Waals surface area contributed by atoms with Crippen LogP contribution in [0.3, 0.4) is 0 Å². The first-order valence-electron chi connectivity index (χ1n) is 9.07. The lowest BCUT2D eigenvalue weighted by Crippen LogP contribution is -2.74. The van der Waals surface area contributed by atoms with E-state index < -0.39 is 0 Å². The van der Waals surface area contributed by atoms with E-state index >= 15 is 0 Å². The summed E-state index contributed by atoms with van der Waals surface area (Å²) in [6, 6.07) is 4.36. The molecule has 0 radical (unpaired) electrons. The third-order valence-corrected chi connectivity index (χ3v) is 7.56. The van der Waals surface area contributed by atoms with E-state index in [0.29, 0.717) is 5.41 Å². The molecule has 1 saturated heterocycles. The highest BCUT2D eigenvalue weighted by molar-refractivity contribution is 6.51. The summed E-state index contributed by atoms with van der Waals surface area (Å²) < 4.78 is 12.9. The molecule has 0 N–H and O–H groups in total. The number of hydrogen-bond acceptors (Lipinski definition) is 3. The van der Waals surface area contributed by atoms with Crippen LogP contribution in [0.2, 0.25) is 5.31 Å². The van der Waals surface area contributed by atoms with Gasteiger partial charge in [0, 0.05) is 23.1 Å². The summed E-state index contributed by atoms with van der Waals surface area (Å²) in [4.78, 5) is 4.38. The predicted molar refractivity (Wildman–Crippen MR) is 90.1 cm³/mol. The van der Waals surface area contributed by atoms with Gasteiger partial charge in [-0.3, -0.25) is 4.98 Å². The minimum Gasteiger partial charge on any atom is -0.403 e. The van der Waals surface area contributed by atoms with Crippen LogP contribution in [-0.2, 0) is 14.7 Å². The van der Waals surface area contributed by atoms with Gasteiger partial charge in [-0.15, -0.1) is 0 Å². The summed E-state index contributed by atoms with van der Waals surface area (Å²) in [5.41, 5.74) is 1.36. The van der Waals surface area contributed by atoms with Crippen LogP contribution in [-0.4, -0.2) is 23.3 Å². The van der Waals surface area contributed by atoms with Crippen LogP contribution in [0.25, 0.3) is 0 Å². The van der Waals surface area contributed by atoms with Crippen LogP contribution in [0.1, 0.15) is 58.9 Å². The third-order valence-electron chi connectivity index (χ3n) is 7.56. The Morgan fingerprint density at radius 3 is 2.26 bits per heavy atom. The van der Waals surface area contributed by atoms with E-state index in [1.807, 2.05) is 6.20 Å². The fraction of sp³-hybridized carbons (Fsp3) is 0.737. The van der Waals surface area contributed by atoms with Gasteiger partial charge < -0.3 is 9.31 Å². The molecular weight excluding hydrogens is 285 g/mol. The number of pyridine rings is 1. The zero-order chi connectivity index (χ0) is 16.1. The van der Waals surface area contributed by atoms with Crippen molar-refractivity contribution < 1.29 is 9.31 Å². The van der Waals surface area contributed by atoms with Gasteiger partial charge in [0.15, 0.2) is 0 Å². The first-order valence-corrected chi connectivity index (χ1v) is 9.07. The molecule has 0 unspecified atom stereocenters. The largest absolute Gasteiger partial charge is 0.464 e. The van der Waals surface area contributed by atoms with E-state index in [1.54, 1.807) is 0 Å². The normalized spacial score (nSPS) is 43.0. The number of hydrogen-bond donors (Lipinski definition) is 0. The van der Waals surface area contributed by atoms with Gasteiger partial charge in [0.25, 0.3) is 0 Å². The molecule has 23 heavy (non-hydrogen) atoms. The number of aromatic nitrogens is 1. The zero-order valence-corrected chi connectivity index (χ0v) is 14.6. The minimum atomic E-state index is -0.220. The Labute approximate surface area is 139 Å². The fourth-order valence-corrected chi connectivity index (χ4v) is 5.63. The van der Waals surface area contributed by atoms with Gasteiger partial charge in [-0.05, 0) is 76.8 Å². The summed E-state index contributed by atoms with van der Waals surface area (Å²) >= 11 is 0. The highest BCUT2D eigenvalue weighted by Gasteiger charge is 2.84. The predicted octanol–water partition coefficient (Wildman–Crippen LogP) is 3.99. The van der Waals surface area contributed by atoms with Crippen molar-refractivity contribution >= 4 is 7.12 Å². The Bertz CT molecular complexity index is 631. The molecule has 4 saturated carbocycles. The van der Waals surface area contributed by atoms with Crippen molar-refractivity contribution in [3.05, 3.63) is 30.1 Å². The smallest absolute Gasteiger partial charge is 0.403 e. The molecule has 6 rings (SSSR count). The Kier molecular flexibility index (Phi) is 2.53. The van der Waals surface area contributed by atoms with Crippen LogP contribution >= 0.6 is 0 Å². The Morgan fingerprint density at radius 1 is 1.09 bits per heavy atom. The molecule has 0 amide bonds. The van der Waals surface area contributed by atoms with Crippen molar-refractivity contribution in [1.29, 1.82) is 0 Å². The van der Waals surface area contributed by atoms with Gasteiger partial charge in [-0.25, -0.2) is 0 Å². The molecule has 0 aromatic carbocycles. The van der Waals surface area contributed by atoms with E-state index in [1.165, 1.54) is 31.2 Å². The van der Waals surface area contributed by atoms with E-state index in [-0.39, 0.29) is 23.6 Å². The Morgan fingerprint density at radius 2 is 1.74 bits per heavy atom. The molecule has 2 bridgehead atoms. The number of nitrogens with zero attached hydrogens (tertiary/aromatic N) is 1. The van der Waals surface area contributed by atoms with Crippen molar-refractivity contribution in [2.45, 2.75) is 75.3 Å². The zero-order valence-electron chi connectivity index (χ0n) is 14.6. The van der Waals surface area contributed by atoms with Crippen molar-refractivity contribution in [3.8, 4) is 0 Å². The highest BCUT2D eigenvalue weighted by Crippen LogP contribution is 2.87. The van der Waals surface area contributed by atoms with E-state index in [0.717, 1.165) is 11.8 Å². The standard InChI is InChI=1S/C19H26BNO2/c1-16(2)17(3,4)23-20(22-16)19-11-18(12-19,15(19)13-7-8-13)14-6-5-9-21-10-14/h5-6,9-10,13,15H,7-8,11-12H2,1-4H3/t15-,18?,19?/m0/s1. The fourth-order valence-electron chi connectivity index (χ4n) is 5.63.